The Hall–Kier alpha value is -1.77. The minimum Gasteiger partial charge on any atom is -0.462 e. The monoisotopic (exact) mass is 658 g/mol. The number of carbonyl (C=O) groups excluding carboxylic acids is 2. The van der Waals surface area contributed by atoms with E-state index in [2.05, 4.69) is 50.3 Å². The number of allylic oxidation sites excluding steroid dienone is 6. The van der Waals surface area contributed by atoms with E-state index in [0.717, 1.165) is 57.8 Å². The maximum atomic E-state index is 12.5. The normalized spacial score (nSPS) is 14.4. The molecule has 0 spiro atoms. The highest BCUT2D eigenvalue weighted by molar-refractivity contribution is 7.47. The van der Waals surface area contributed by atoms with Crippen molar-refractivity contribution in [2.75, 3.05) is 47.5 Å². The first-order valence-electron chi connectivity index (χ1n) is 17.2. The van der Waals surface area contributed by atoms with Gasteiger partial charge in [0.1, 0.15) is 19.8 Å². The summed E-state index contributed by atoms with van der Waals surface area (Å²) in [6, 6.07) is 0. The topological polar surface area (TPSA) is 108 Å². The second-order valence-electron chi connectivity index (χ2n) is 12.5. The lowest BCUT2D eigenvalue weighted by molar-refractivity contribution is -0.870. The fraction of sp³-hybridized carbons (Fsp3) is 0.771. The van der Waals surface area contributed by atoms with E-state index in [1.807, 2.05) is 21.1 Å². The Balaban J connectivity index is 4.55. The molecule has 0 aromatic carbocycles. The highest BCUT2D eigenvalue weighted by atomic mass is 31.2. The second kappa shape index (κ2) is 28.5. The molecule has 0 saturated carbocycles. The number of phosphoric ester groups is 1. The predicted molar refractivity (Wildman–Crippen MR) is 183 cm³/mol. The van der Waals surface area contributed by atoms with Crippen LogP contribution >= 0.6 is 7.82 Å². The van der Waals surface area contributed by atoms with Gasteiger partial charge in [0.05, 0.1) is 27.7 Å². The Morgan fingerprint density at radius 2 is 1.27 bits per heavy atom. The number of ether oxygens (including phenoxy) is 2. The number of hydrogen-bond acceptors (Lipinski definition) is 7. The zero-order valence-electron chi connectivity index (χ0n) is 29.1. The minimum atomic E-state index is -4.37. The van der Waals surface area contributed by atoms with Crippen LogP contribution in [0.15, 0.2) is 36.5 Å². The summed E-state index contributed by atoms with van der Waals surface area (Å²) < 4.78 is 33.9. The van der Waals surface area contributed by atoms with E-state index in [0.29, 0.717) is 17.4 Å². The smallest absolute Gasteiger partial charge is 0.462 e. The number of nitrogens with zero attached hydrogens (tertiary/aromatic N) is 1. The lowest BCUT2D eigenvalue weighted by Crippen LogP contribution is -2.37. The summed E-state index contributed by atoms with van der Waals surface area (Å²) in [5.41, 5.74) is 0. The van der Waals surface area contributed by atoms with E-state index in [-0.39, 0.29) is 32.0 Å². The third kappa shape index (κ3) is 32.0. The largest absolute Gasteiger partial charge is 0.472 e. The number of carbonyl (C=O) groups is 2. The van der Waals surface area contributed by atoms with Gasteiger partial charge in [-0.3, -0.25) is 18.6 Å². The summed E-state index contributed by atoms with van der Waals surface area (Å²) in [5.74, 6) is -0.843. The van der Waals surface area contributed by atoms with Gasteiger partial charge in [0.2, 0.25) is 0 Å². The summed E-state index contributed by atoms with van der Waals surface area (Å²) in [4.78, 5) is 34.9. The maximum Gasteiger partial charge on any atom is 0.472 e. The fourth-order valence-corrected chi connectivity index (χ4v) is 4.94. The first-order valence-corrected chi connectivity index (χ1v) is 18.7. The molecule has 10 heteroatoms. The molecule has 2 atom stereocenters. The molecule has 0 bridgehead atoms. The zero-order chi connectivity index (χ0) is 33.7. The molecule has 2 unspecified atom stereocenters. The van der Waals surface area contributed by atoms with Crippen LogP contribution in [0.1, 0.15) is 123 Å². The molecule has 0 aliphatic carbocycles. The first kappa shape index (κ1) is 43.2. The van der Waals surface area contributed by atoms with Crippen molar-refractivity contribution in [3.63, 3.8) is 0 Å². The second-order valence-corrected chi connectivity index (χ2v) is 14.0. The number of hydrogen-bond donors (Lipinski definition) is 1. The molecular formula is C35H65NO8P+. The van der Waals surface area contributed by atoms with Crippen molar-refractivity contribution in [1.82, 2.24) is 0 Å². The zero-order valence-corrected chi connectivity index (χ0v) is 30.0. The summed E-state index contributed by atoms with van der Waals surface area (Å²) in [6.07, 6.45) is 27.8. The molecule has 0 amide bonds. The molecular weight excluding hydrogens is 593 g/mol. The average Bonchev–Trinajstić information content (AvgIpc) is 2.97. The van der Waals surface area contributed by atoms with Gasteiger partial charge in [-0.1, -0.05) is 102 Å². The van der Waals surface area contributed by atoms with Gasteiger partial charge in [0.15, 0.2) is 6.10 Å². The van der Waals surface area contributed by atoms with Gasteiger partial charge in [0, 0.05) is 12.8 Å². The number of quaternary nitrogens is 1. The van der Waals surface area contributed by atoms with Gasteiger partial charge in [-0.25, -0.2) is 4.57 Å². The Kier molecular flexibility index (Phi) is 27.3. The number of phosphoric acid groups is 1. The molecule has 0 rings (SSSR count). The summed E-state index contributed by atoms with van der Waals surface area (Å²) >= 11 is 0. The van der Waals surface area contributed by atoms with Crippen molar-refractivity contribution in [2.45, 2.75) is 129 Å². The van der Waals surface area contributed by atoms with Crippen molar-refractivity contribution in [3.05, 3.63) is 36.5 Å². The minimum absolute atomic E-state index is 0.0257. The molecule has 0 aromatic rings. The molecule has 262 valence electrons. The van der Waals surface area contributed by atoms with Crippen LogP contribution in [0, 0.1) is 0 Å². The first-order chi connectivity index (χ1) is 21.5. The SMILES string of the molecule is CC/C=C\C/C=C\C/C=C\CCCCCC(=O)OC(COC(=O)CCCCCCCCCC)COP(=O)(O)OCC[N+](C)(C)C. The highest BCUT2D eigenvalue weighted by Crippen LogP contribution is 2.43. The molecule has 0 aliphatic rings. The molecule has 0 fully saturated rings. The van der Waals surface area contributed by atoms with E-state index in [1.165, 1.54) is 32.1 Å². The average molecular weight is 659 g/mol. The van der Waals surface area contributed by atoms with Gasteiger partial charge in [0.25, 0.3) is 0 Å². The van der Waals surface area contributed by atoms with Crippen LogP contribution in [0.2, 0.25) is 0 Å². The Bertz CT molecular complexity index is 881. The van der Waals surface area contributed by atoms with Gasteiger partial charge in [-0.2, -0.15) is 0 Å². The lowest BCUT2D eigenvalue weighted by atomic mass is 10.1. The van der Waals surface area contributed by atoms with Crippen LogP contribution in [0.4, 0.5) is 0 Å². The number of likely N-dealkylation sites (N-methyl/N-ethyl adjacent to an activating group) is 1. The van der Waals surface area contributed by atoms with Crippen molar-refractivity contribution in [3.8, 4) is 0 Å². The van der Waals surface area contributed by atoms with Crippen LogP contribution in [-0.4, -0.2) is 74.9 Å². The summed E-state index contributed by atoms with van der Waals surface area (Å²) in [6.45, 7) is 4.20. The van der Waals surface area contributed by atoms with Crippen LogP contribution in [0.5, 0.6) is 0 Å². The third-order valence-corrected chi connectivity index (χ3v) is 7.92. The molecule has 0 aliphatic heterocycles. The Labute approximate surface area is 274 Å². The number of unbranched alkanes of at least 4 members (excludes halogenated alkanes) is 10. The Morgan fingerprint density at radius 1 is 0.711 bits per heavy atom. The van der Waals surface area contributed by atoms with Crippen molar-refractivity contribution >= 4 is 19.8 Å². The maximum absolute atomic E-state index is 12.5. The summed E-state index contributed by atoms with van der Waals surface area (Å²) in [7, 11) is 1.45. The van der Waals surface area contributed by atoms with E-state index >= 15 is 0 Å². The molecule has 0 saturated heterocycles. The van der Waals surface area contributed by atoms with Crippen molar-refractivity contribution in [1.29, 1.82) is 0 Å². The van der Waals surface area contributed by atoms with Crippen LogP contribution in [0.25, 0.3) is 0 Å². The molecule has 9 nitrogen and oxygen atoms in total. The van der Waals surface area contributed by atoms with Crippen LogP contribution in [-0.2, 0) is 32.7 Å². The van der Waals surface area contributed by atoms with Gasteiger partial charge >= 0.3 is 19.8 Å². The Morgan fingerprint density at radius 3 is 1.89 bits per heavy atom. The standard InChI is InChI=1S/C35H64NO8P/c1-6-8-10-12-14-16-17-18-19-20-22-24-26-28-35(38)44-33(32-43-45(39,40)42-30-29-36(3,4)5)31-41-34(37)27-25-23-21-15-13-11-9-7-2/h8,10,14,16,18-19,33H,6-7,9,11-13,15,17,20-32H2,1-5H3/p+1/b10-8-,16-14-,19-18-. The summed E-state index contributed by atoms with van der Waals surface area (Å²) in [5, 5.41) is 0. The van der Waals surface area contributed by atoms with Gasteiger partial charge in [-0.15, -0.1) is 0 Å². The molecule has 1 N–H and O–H groups in total. The van der Waals surface area contributed by atoms with E-state index in [1.54, 1.807) is 0 Å². The molecule has 45 heavy (non-hydrogen) atoms. The van der Waals surface area contributed by atoms with E-state index in [4.69, 9.17) is 18.5 Å². The van der Waals surface area contributed by atoms with Crippen molar-refractivity contribution in [2.24, 2.45) is 0 Å². The van der Waals surface area contributed by atoms with Crippen LogP contribution in [0.3, 0.4) is 0 Å². The quantitative estimate of drug-likeness (QED) is 0.0269. The van der Waals surface area contributed by atoms with Gasteiger partial charge < -0.3 is 18.9 Å². The third-order valence-electron chi connectivity index (χ3n) is 6.93. The number of rotatable bonds is 30. The van der Waals surface area contributed by atoms with E-state index < -0.39 is 26.5 Å². The van der Waals surface area contributed by atoms with E-state index in [9.17, 15) is 19.0 Å². The fourth-order valence-electron chi connectivity index (χ4n) is 4.20. The molecule has 0 aromatic heterocycles. The number of esters is 2. The van der Waals surface area contributed by atoms with Crippen LogP contribution < -0.4 is 0 Å². The molecule has 0 heterocycles. The lowest BCUT2D eigenvalue weighted by Gasteiger charge is -2.24. The highest BCUT2D eigenvalue weighted by Gasteiger charge is 2.27. The predicted octanol–water partition coefficient (Wildman–Crippen LogP) is 8.62. The van der Waals surface area contributed by atoms with Crippen molar-refractivity contribution < 1.29 is 42.1 Å². The molecule has 0 radical (unpaired) electrons. The van der Waals surface area contributed by atoms with Gasteiger partial charge in [-0.05, 0) is 44.9 Å².